The van der Waals surface area contributed by atoms with Crippen LogP contribution in [0.25, 0.3) is 0 Å². The number of amides is 1. The van der Waals surface area contributed by atoms with Crippen molar-refractivity contribution in [2.45, 2.75) is 43.6 Å². The van der Waals surface area contributed by atoms with Gasteiger partial charge in [0.15, 0.2) is 0 Å². The van der Waals surface area contributed by atoms with Gasteiger partial charge < -0.3 is 15.4 Å². The fraction of sp³-hybridized carbons (Fsp3) is 0.350. The first-order valence-corrected chi connectivity index (χ1v) is 11.9. The Morgan fingerprint density at radius 3 is 2.32 bits per heavy atom. The Morgan fingerprint density at radius 1 is 1.10 bits per heavy atom. The first-order chi connectivity index (χ1) is 14.5. The van der Waals surface area contributed by atoms with E-state index in [2.05, 4.69) is 10.0 Å². The Labute approximate surface area is 193 Å². The maximum absolute atomic E-state index is 13.0. The van der Waals surface area contributed by atoms with Gasteiger partial charge in [-0.15, -0.1) is 0 Å². The van der Waals surface area contributed by atoms with E-state index < -0.39 is 35.0 Å². The number of hydrogen-bond acceptors (Lipinski definition) is 5. The molecular formula is C20H25BCl2N2O5S. The number of carbonyl (C=O) groups excluding carboxylic acids is 1. The van der Waals surface area contributed by atoms with Gasteiger partial charge in [0.1, 0.15) is 10.9 Å². The number of sulfonamides is 1. The van der Waals surface area contributed by atoms with Crippen LogP contribution in [0.1, 0.15) is 25.8 Å². The molecule has 0 radical (unpaired) electrons. The predicted molar refractivity (Wildman–Crippen MR) is 122 cm³/mol. The molecule has 0 aromatic heterocycles. The lowest BCUT2D eigenvalue weighted by Crippen LogP contribution is -2.54. The number of benzene rings is 2. The van der Waals surface area contributed by atoms with Gasteiger partial charge in [0.25, 0.3) is 0 Å². The van der Waals surface area contributed by atoms with Gasteiger partial charge in [-0.1, -0.05) is 67.4 Å². The molecule has 0 spiro atoms. The molecule has 2 unspecified atom stereocenters. The highest BCUT2D eigenvalue weighted by atomic mass is 35.5. The summed E-state index contributed by atoms with van der Waals surface area (Å²) in [5.41, 5.74) is 0.715. The normalized spacial score (nSPS) is 13.6. The number of rotatable bonds is 10. The molecule has 2 aromatic carbocycles. The van der Waals surface area contributed by atoms with Crippen LogP contribution in [0.2, 0.25) is 10.0 Å². The lowest BCUT2D eigenvalue weighted by molar-refractivity contribution is -0.123. The molecule has 0 aliphatic heterocycles. The summed E-state index contributed by atoms with van der Waals surface area (Å²) in [7, 11) is -6.00. The number of hydrogen-bond donors (Lipinski definition) is 4. The molecular weight excluding hydrogens is 462 g/mol. The van der Waals surface area contributed by atoms with Crippen molar-refractivity contribution >= 4 is 46.3 Å². The minimum absolute atomic E-state index is 0.0417. The molecule has 4 N–H and O–H groups in total. The summed E-state index contributed by atoms with van der Waals surface area (Å²) in [6.45, 7) is 3.74. The Kier molecular flexibility index (Phi) is 9.36. The summed E-state index contributed by atoms with van der Waals surface area (Å²) < 4.78 is 28.3. The number of halogens is 2. The van der Waals surface area contributed by atoms with E-state index in [9.17, 15) is 23.3 Å². The van der Waals surface area contributed by atoms with Crippen LogP contribution in [0, 0.1) is 5.92 Å². The van der Waals surface area contributed by atoms with Crippen molar-refractivity contribution in [3.63, 3.8) is 0 Å². The van der Waals surface area contributed by atoms with Crippen molar-refractivity contribution in [1.29, 1.82) is 0 Å². The standard InChI is InChI=1S/C20H25BCl2N2O5S/c1-13(2)10-19(21(27)28)24-20(26)17(11-14-6-4-3-5-7-14)25-31(29,30)18-12-15(22)8-9-16(18)23/h3-9,12-13,17,19,25,27-28H,10-11H2,1-2H3,(H,24,26). The molecule has 2 aromatic rings. The van der Waals surface area contributed by atoms with Gasteiger partial charge in [-0.3, -0.25) is 4.79 Å². The highest BCUT2D eigenvalue weighted by Gasteiger charge is 2.32. The van der Waals surface area contributed by atoms with Gasteiger partial charge in [-0.2, -0.15) is 4.72 Å². The molecule has 0 bridgehead atoms. The van der Waals surface area contributed by atoms with Gasteiger partial charge in [0.2, 0.25) is 15.9 Å². The zero-order valence-electron chi connectivity index (χ0n) is 17.1. The third-order valence-electron chi connectivity index (χ3n) is 4.49. The van der Waals surface area contributed by atoms with Gasteiger partial charge in [0.05, 0.1) is 11.0 Å². The van der Waals surface area contributed by atoms with E-state index in [0.29, 0.717) is 12.0 Å². The predicted octanol–water partition coefficient (Wildman–Crippen LogP) is 2.43. The third-order valence-corrected chi connectivity index (χ3v) is 6.68. The van der Waals surface area contributed by atoms with Crippen molar-refractivity contribution in [1.82, 2.24) is 10.0 Å². The first kappa shape index (κ1) is 25.6. The van der Waals surface area contributed by atoms with Crippen LogP contribution in [-0.2, 0) is 21.2 Å². The molecule has 7 nitrogen and oxygen atoms in total. The van der Waals surface area contributed by atoms with E-state index >= 15 is 0 Å². The van der Waals surface area contributed by atoms with Crippen LogP contribution in [-0.4, -0.2) is 43.5 Å². The molecule has 0 fully saturated rings. The molecule has 0 aliphatic carbocycles. The van der Waals surface area contributed by atoms with Gasteiger partial charge >= 0.3 is 7.12 Å². The van der Waals surface area contributed by atoms with Crippen LogP contribution < -0.4 is 10.0 Å². The lowest BCUT2D eigenvalue weighted by atomic mass is 9.75. The fourth-order valence-electron chi connectivity index (χ4n) is 3.02. The van der Waals surface area contributed by atoms with Gasteiger partial charge in [0, 0.05) is 5.02 Å². The van der Waals surface area contributed by atoms with Gasteiger partial charge in [-0.05, 0) is 42.5 Å². The summed E-state index contributed by atoms with van der Waals surface area (Å²) >= 11 is 12.0. The van der Waals surface area contributed by atoms with Crippen molar-refractivity contribution in [3.8, 4) is 0 Å². The molecule has 0 heterocycles. The molecule has 2 atom stereocenters. The summed E-state index contributed by atoms with van der Waals surface area (Å²) in [6.07, 6.45) is 0.342. The molecule has 0 saturated heterocycles. The number of carbonyl (C=O) groups is 1. The summed E-state index contributed by atoms with van der Waals surface area (Å²) in [6, 6.07) is 11.6. The molecule has 0 aliphatic rings. The molecule has 11 heteroatoms. The van der Waals surface area contributed by atoms with E-state index in [1.165, 1.54) is 18.2 Å². The largest absolute Gasteiger partial charge is 0.475 e. The summed E-state index contributed by atoms with van der Waals surface area (Å²) in [4.78, 5) is 12.7. The second kappa shape index (κ2) is 11.3. The average molecular weight is 487 g/mol. The number of nitrogens with one attached hydrogen (secondary N) is 2. The monoisotopic (exact) mass is 486 g/mol. The maximum atomic E-state index is 13.0. The molecule has 168 valence electrons. The maximum Gasteiger partial charge on any atom is 0.475 e. The second-order valence-electron chi connectivity index (χ2n) is 7.60. The zero-order chi connectivity index (χ0) is 23.2. The van der Waals surface area contributed by atoms with E-state index in [-0.39, 0.29) is 27.3 Å². The Bertz CT molecular complexity index is 990. The molecule has 0 saturated carbocycles. The van der Waals surface area contributed by atoms with E-state index in [1.54, 1.807) is 30.3 Å². The lowest BCUT2D eigenvalue weighted by Gasteiger charge is -2.24. The van der Waals surface area contributed by atoms with Crippen molar-refractivity contribution in [2.24, 2.45) is 5.92 Å². The average Bonchev–Trinajstić information content (AvgIpc) is 2.69. The van der Waals surface area contributed by atoms with Gasteiger partial charge in [-0.25, -0.2) is 8.42 Å². The van der Waals surface area contributed by atoms with Crippen molar-refractivity contribution < 1.29 is 23.3 Å². The quantitative estimate of drug-likeness (QED) is 0.385. The summed E-state index contributed by atoms with van der Waals surface area (Å²) in [5.74, 6) is -1.57. The molecule has 2 rings (SSSR count). The van der Waals surface area contributed by atoms with Crippen LogP contribution in [0.3, 0.4) is 0 Å². The van der Waals surface area contributed by atoms with Crippen LogP contribution >= 0.6 is 23.2 Å². The van der Waals surface area contributed by atoms with Crippen LogP contribution in [0.4, 0.5) is 0 Å². The topological polar surface area (TPSA) is 116 Å². The van der Waals surface area contributed by atoms with Crippen LogP contribution in [0.15, 0.2) is 53.4 Å². The highest BCUT2D eigenvalue weighted by Crippen LogP contribution is 2.25. The second-order valence-corrected chi connectivity index (χ2v) is 10.1. The Morgan fingerprint density at radius 2 is 1.74 bits per heavy atom. The summed E-state index contributed by atoms with van der Waals surface area (Å²) in [5, 5.41) is 21.9. The Hall–Kier alpha value is -1.62. The SMILES string of the molecule is CC(C)CC(NC(=O)C(Cc1ccccc1)NS(=O)(=O)c1cc(Cl)ccc1Cl)B(O)O. The Balaban J connectivity index is 2.33. The van der Waals surface area contributed by atoms with E-state index in [4.69, 9.17) is 23.2 Å². The smallest absolute Gasteiger partial charge is 0.426 e. The van der Waals surface area contributed by atoms with E-state index in [1.807, 2.05) is 13.8 Å². The minimum atomic E-state index is -4.21. The minimum Gasteiger partial charge on any atom is -0.426 e. The van der Waals surface area contributed by atoms with Crippen LogP contribution in [0.5, 0.6) is 0 Å². The molecule has 1 amide bonds. The van der Waals surface area contributed by atoms with Crippen molar-refractivity contribution in [3.05, 3.63) is 64.1 Å². The zero-order valence-corrected chi connectivity index (χ0v) is 19.5. The highest BCUT2D eigenvalue weighted by molar-refractivity contribution is 7.89. The first-order valence-electron chi connectivity index (χ1n) is 9.67. The third kappa shape index (κ3) is 7.78. The fourth-order valence-corrected chi connectivity index (χ4v) is 4.98. The van der Waals surface area contributed by atoms with E-state index in [0.717, 1.165) is 0 Å². The molecule has 31 heavy (non-hydrogen) atoms. The van der Waals surface area contributed by atoms with Crippen molar-refractivity contribution in [2.75, 3.05) is 0 Å².